The topological polar surface area (TPSA) is 0 Å². The number of aryl methyl sites for hydroxylation is 1. The van der Waals surface area contributed by atoms with Gasteiger partial charge < -0.3 is 0 Å². The van der Waals surface area contributed by atoms with Crippen molar-refractivity contribution in [1.82, 2.24) is 0 Å². The summed E-state index contributed by atoms with van der Waals surface area (Å²) in [5.74, 6) is -0.211. The molecule has 0 aliphatic carbocycles. The molecule has 1 unspecified atom stereocenters. The van der Waals surface area contributed by atoms with Gasteiger partial charge in [0.25, 0.3) is 0 Å². The molecular formula is C16H16ClF. The predicted octanol–water partition coefficient (Wildman–Crippen LogP) is 4.91. The van der Waals surface area contributed by atoms with Crippen molar-refractivity contribution in [3.8, 4) is 0 Å². The van der Waals surface area contributed by atoms with Crippen LogP contribution in [0.2, 0.25) is 0 Å². The molecule has 0 saturated heterocycles. The number of rotatable bonds is 4. The first-order valence-corrected chi connectivity index (χ1v) is 6.60. The van der Waals surface area contributed by atoms with Gasteiger partial charge in [0, 0.05) is 0 Å². The van der Waals surface area contributed by atoms with Gasteiger partial charge in [0.1, 0.15) is 5.82 Å². The Labute approximate surface area is 112 Å². The van der Waals surface area contributed by atoms with E-state index in [1.807, 2.05) is 0 Å². The van der Waals surface area contributed by atoms with Gasteiger partial charge in [-0.05, 0) is 41.7 Å². The second kappa shape index (κ2) is 6.01. The van der Waals surface area contributed by atoms with Crippen LogP contribution in [0, 0.1) is 5.82 Å². The summed E-state index contributed by atoms with van der Waals surface area (Å²) in [6.45, 7) is 2.13. The lowest BCUT2D eigenvalue weighted by Crippen LogP contribution is -1.96. The quantitative estimate of drug-likeness (QED) is 0.687. The second-order valence-corrected chi connectivity index (χ2v) is 4.92. The molecule has 0 spiro atoms. The molecule has 18 heavy (non-hydrogen) atoms. The van der Waals surface area contributed by atoms with E-state index in [1.54, 1.807) is 12.1 Å². The highest BCUT2D eigenvalue weighted by Crippen LogP contribution is 2.25. The average Bonchev–Trinajstić information content (AvgIpc) is 2.41. The molecular weight excluding hydrogens is 247 g/mol. The van der Waals surface area contributed by atoms with E-state index in [2.05, 4.69) is 31.2 Å². The van der Waals surface area contributed by atoms with Gasteiger partial charge in [-0.25, -0.2) is 4.39 Å². The number of hydrogen-bond donors (Lipinski definition) is 0. The van der Waals surface area contributed by atoms with Crippen molar-refractivity contribution < 1.29 is 4.39 Å². The maximum Gasteiger partial charge on any atom is 0.123 e. The van der Waals surface area contributed by atoms with Crippen LogP contribution < -0.4 is 0 Å². The van der Waals surface area contributed by atoms with Gasteiger partial charge in [-0.1, -0.05) is 43.3 Å². The molecule has 2 rings (SSSR count). The summed E-state index contributed by atoms with van der Waals surface area (Å²) in [5, 5.41) is -0.0682. The highest BCUT2D eigenvalue weighted by Gasteiger charge is 2.08. The minimum Gasteiger partial charge on any atom is -0.207 e. The van der Waals surface area contributed by atoms with Crippen molar-refractivity contribution in [2.75, 3.05) is 0 Å². The fourth-order valence-corrected chi connectivity index (χ4v) is 2.23. The maximum absolute atomic E-state index is 12.8. The lowest BCUT2D eigenvalue weighted by molar-refractivity contribution is 0.627. The minimum absolute atomic E-state index is 0.0682. The Kier molecular flexibility index (Phi) is 4.38. The van der Waals surface area contributed by atoms with Crippen LogP contribution in [0.25, 0.3) is 0 Å². The number of alkyl halides is 1. The molecule has 0 aliphatic rings. The zero-order valence-corrected chi connectivity index (χ0v) is 11.1. The van der Waals surface area contributed by atoms with E-state index in [4.69, 9.17) is 11.6 Å². The van der Waals surface area contributed by atoms with Gasteiger partial charge in [0.05, 0.1) is 5.38 Å². The molecule has 0 fully saturated rings. The van der Waals surface area contributed by atoms with E-state index in [0.29, 0.717) is 6.42 Å². The van der Waals surface area contributed by atoms with Gasteiger partial charge in [0.2, 0.25) is 0 Å². The number of hydrogen-bond acceptors (Lipinski definition) is 0. The first-order valence-electron chi connectivity index (χ1n) is 6.16. The molecule has 0 N–H and O–H groups in total. The van der Waals surface area contributed by atoms with Crippen LogP contribution in [0.1, 0.15) is 29.0 Å². The third kappa shape index (κ3) is 3.33. The molecule has 94 valence electrons. The molecule has 0 nitrogen and oxygen atoms in total. The van der Waals surface area contributed by atoms with Crippen LogP contribution in [0.5, 0.6) is 0 Å². The maximum atomic E-state index is 12.8. The Morgan fingerprint density at radius 2 is 1.50 bits per heavy atom. The molecule has 2 aromatic carbocycles. The van der Waals surface area contributed by atoms with Crippen LogP contribution in [0.4, 0.5) is 4.39 Å². The molecule has 0 heterocycles. The summed E-state index contributed by atoms with van der Waals surface area (Å²) in [6.07, 6.45) is 1.75. The molecule has 0 bridgehead atoms. The van der Waals surface area contributed by atoms with Crippen molar-refractivity contribution in [3.05, 3.63) is 71.0 Å². The summed E-state index contributed by atoms with van der Waals surface area (Å²) in [7, 11) is 0. The number of benzene rings is 2. The fourth-order valence-electron chi connectivity index (χ4n) is 1.91. The largest absolute Gasteiger partial charge is 0.207 e. The van der Waals surface area contributed by atoms with Crippen LogP contribution in [0.3, 0.4) is 0 Å². The van der Waals surface area contributed by atoms with E-state index in [1.165, 1.54) is 17.7 Å². The van der Waals surface area contributed by atoms with Gasteiger partial charge >= 0.3 is 0 Å². The Hall–Kier alpha value is -1.34. The van der Waals surface area contributed by atoms with Crippen molar-refractivity contribution in [2.45, 2.75) is 25.1 Å². The Morgan fingerprint density at radius 3 is 2.06 bits per heavy atom. The first kappa shape index (κ1) is 13.1. The highest BCUT2D eigenvalue weighted by molar-refractivity contribution is 6.20. The third-order valence-corrected chi connectivity index (χ3v) is 3.48. The van der Waals surface area contributed by atoms with Crippen LogP contribution in [-0.4, -0.2) is 0 Å². The Bertz CT molecular complexity index is 488. The molecule has 0 saturated carbocycles. The van der Waals surface area contributed by atoms with Gasteiger partial charge in [-0.3, -0.25) is 0 Å². The van der Waals surface area contributed by atoms with Crippen LogP contribution >= 0.6 is 11.6 Å². The minimum atomic E-state index is -0.211. The van der Waals surface area contributed by atoms with E-state index >= 15 is 0 Å². The summed E-state index contributed by atoms with van der Waals surface area (Å²) in [4.78, 5) is 0. The standard InChI is InChI=1S/C16H16ClF/c1-2-12-3-7-14(8-4-12)16(17)11-13-5-9-15(18)10-6-13/h3-10,16H,2,11H2,1H3. The van der Waals surface area contributed by atoms with Gasteiger partial charge in [0.15, 0.2) is 0 Å². The van der Waals surface area contributed by atoms with E-state index in [0.717, 1.165) is 17.5 Å². The van der Waals surface area contributed by atoms with Crippen molar-refractivity contribution in [1.29, 1.82) is 0 Å². The summed E-state index contributed by atoms with van der Waals surface area (Å²) in [6, 6.07) is 14.9. The molecule has 0 aromatic heterocycles. The smallest absolute Gasteiger partial charge is 0.123 e. The van der Waals surface area contributed by atoms with Crippen LogP contribution in [0.15, 0.2) is 48.5 Å². The van der Waals surface area contributed by atoms with Crippen molar-refractivity contribution in [2.24, 2.45) is 0 Å². The van der Waals surface area contributed by atoms with Gasteiger partial charge in [-0.15, -0.1) is 11.6 Å². The molecule has 0 radical (unpaired) electrons. The summed E-state index contributed by atoms with van der Waals surface area (Å²) >= 11 is 6.38. The summed E-state index contributed by atoms with van der Waals surface area (Å²) in [5.41, 5.74) is 3.47. The summed E-state index contributed by atoms with van der Waals surface area (Å²) < 4.78 is 12.8. The second-order valence-electron chi connectivity index (χ2n) is 4.39. The fraction of sp³-hybridized carbons (Fsp3) is 0.250. The van der Waals surface area contributed by atoms with Gasteiger partial charge in [-0.2, -0.15) is 0 Å². The average molecular weight is 263 g/mol. The molecule has 2 heteroatoms. The monoisotopic (exact) mass is 262 g/mol. The molecule has 1 atom stereocenters. The SMILES string of the molecule is CCc1ccc(C(Cl)Cc2ccc(F)cc2)cc1. The first-order chi connectivity index (χ1) is 8.69. The van der Waals surface area contributed by atoms with Crippen molar-refractivity contribution in [3.63, 3.8) is 0 Å². The van der Waals surface area contributed by atoms with E-state index < -0.39 is 0 Å². The molecule has 0 amide bonds. The van der Waals surface area contributed by atoms with Crippen LogP contribution in [-0.2, 0) is 12.8 Å². The lowest BCUT2D eigenvalue weighted by atomic mass is 10.0. The van der Waals surface area contributed by atoms with E-state index in [9.17, 15) is 4.39 Å². The number of halogens is 2. The Balaban J connectivity index is 2.06. The molecule has 0 aliphatic heterocycles. The zero-order chi connectivity index (χ0) is 13.0. The van der Waals surface area contributed by atoms with Crippen molar-refractivity contribution >= 4 is 11.6 Å². The highest BCUT2D eigenvalue weighted by atomic mass is 35.5. The van der Waals surface area contributed by atoms with E-state index in [-0.39, 0.29) is 11.2 Å². The zero-order valence-electron chi connectivity index (χ0n) is 10.4. The predicted molar refractivity (Wildman–Crippen MR) is 74.5 cm³/mol. The Morgan fingerprint density at radius 1 is 0.944 bits per heavy atom. The molecule has 2 aromatic rings. The third-order valence-electron chi connectivity index (χ3n) is 3.08. The lowest BCUT2D eigenvalue weighted by Gasteiger charge is -2.10. The normalized spacial score (nSPS) is 12.4.